The quantitative estimate of drug-likeness (QED) is 0.676. The monoisotopic (exact) mass is 486 g/mol. The average molecular weight is 487 g/mol. The van der Waals surface area contributed by atoms with E-state index in [0.717, 1.165) is 15.1 Å². The number of piperidine rings is 1. The zero-order valence-corrected chi connectivity index (χ0v) is 19.0. The van der Waals surface area contributed by atoms with Crippen LogP contribution in [0.15, 0.2) is 44.4 Å². The summed E-state index contributed by atoms with van der Waals surface area (Å²) in [4.78, 5) is 12.9. The van der Waals surface area contributed by atoms with Crippen LogP contribution in [0.2, 0.25) is 0 Å². The number of rotatable bonds is 6. The molecular weight excluding hydrogens is 464 g/mol. The third-order valence-electron chi connectivity index (χ3n) is 4.94. The standard InChI is InChI=1S/C19H23BrN2O4S2/c1-19(18(23)21-12-14-5-3-6-15(11-14)26-2)9-4-10-22(13-19)28(24,25)17-8-7-16(20)27-17/h3,5-8,11H,4,9-10,12-13H2,1-2H3,(H,21,23). The molecule has 6 nitrogen and oxygen atoms in total. The molecule has 1 atom stereocenters. The molecule has 0 saturated carbocycles. The molecule has 1 aromatic heterocycles. The van der Waals surface area contributed by atoms with Gasteiger partial charge in [-0.2, -0.15) is 4.31 Å². The van der Waals surface area contributed by atoms with Gasteiger partial charge in [0.05, 0.1) is 16.3 Å². The van der Waals surface area contributed by atoms with Crippen molar-refractivity contribution in [1.82, 2.24) is 9.62 Å². The molecule has 1 fully saturated rings. The smallest absolute Gasteiger partial charge is 0.252 e. The summed E-state index contributed by atoms with van der Waals surface area (Å²) < 4.78 is 33.6. The number of ether oxygens (including phenoxy) is 1. The number of nitrogens with zero attached hydrogens (tertiary/aromatic N) is 1. The molecule has 1 aliphatic heterocycles. The average Bonchev–Trinajstić information content (AvgIpc) is 3.13. The maximum atomic E-state index is 12.9. The fourth-order valence-electron chi connectivity index (χ4n) is 3.33. The number of hydrogen-bond acceptors (Lipinski definition) is 5. The first-order valence-electron chi connectivity index (χ1n) is 8.91. The van der Waals surface area contributed by atoms with Crippen LogP contribution in [0.5, 0.6) is 5.75 Å². The maximum Gasteiger partial charge on any atom is 0.252 e. The van der Waals surface area contributed by atoms with Crippen LogP contribution in [0.25, 0.3) is 0 Å². The Morgan fingerprint density at radius 2 is 2.14 bits per heavy atom. The van der Waals surface area contributed by atoms with Crippen LogP contribution < -0.4 is 10.1 Å². The summed E-state index contributed by atoms with van der Waals surface area (Å²) in [5, 5.41) is 2.96. The van der Waals surface area contributed by atoms with Crippen LogP contribution in [0.3, 0.4) is 0 Å². The minimum atomic E-state index is -3.60. The first kappa shape index (κ1) is 21.3. The first-order valence-corrected chi connectivity index (χ1v) is 12.0. The van der Waals surface area contributed by atoms with Crippen molar-refractivity contribution in [3.05, 3.63) is 45.7 Å². The van der Waals surface area contributed by atoms with E-state index in [2.05, 4.69) is 21.2 Å². The Morgan fingerprint density at radius 1 is 1.36 bits per heavy atom. The van der Waals surface area contributed by atoms with Gasteiger partial charge in [0.1, 0.15) is 9.96 Å². The van der Waals surface area contributed by atoms with Crippen molar-refractivity contribution in [2.75, 3.05) is 20.2 Å². The Bertz CT molecular complexity index is 960. The highest BCUT2D eigenvalue weighted by atomic mass is 79.9. The predicted octanol–water partition coefficient (Wildman–Crippen LogP) is 3.63. The summed E-state index contributed by atoms with van der Waals surface area (Å²) >= 11 is 4.49. The summed E-state index contributed by atoms with van der Waals surface area (Å²) in [5.74, 6) is 0.595. The molecule has 0 spiro atoms. The van der Waals surface area contributed by atoms with Crippen molar-refractivity contribution >= 4 is 43.2 Å². The number of thiophene rings is 1. The lowest BCUT2D eigenvalue weighted by Gasteiger charge is -2.38. The van der Waals surface area contributed by atoms with E-state index in [1.165, 1.54) is 15.6 Å². The normalized spacial score (nSPS) is 20.7. The summed E-state index contributed by atoms with van der Waals surface area (Å²) in [6.07, 6.45) is 1.30. The maximum absolute atomic E-state index is 12.9. The Labute approximate surface area is 178 Å². The van der Waals surface area contributed by atoms with Crippen LogP contribution in [0, 0.1) is 5.41 Å². The van der Waals surface area contributed by atoms with Crippen molar-refractivity contribution in [1.29, 1.82) is 0 Å². The van der Waals surface area contributed by atoms with Gasteiger partial charge in [0.25, 0.3) is 10.0 Å². The second kappa shape index (κ2) is 8.52. The molecule has 1 aromatic carbocycles. The van der Waals surface area contributed by atoms with Gasteiger partial charge in [0.2, 0.25) is 5.91 Å². The van der Waals surface area contributed by atoms with Crippen LogP contribution in [-0.4, -0.2) is 38.8 Å². The Kier molecular flexibility index (Phi) is 6.48. The fourth-order valence-corrected chi connectivity index (χ4v) is 7.09. The predicted molar refractivity (Wildman–Crippen MR) is 113 cm³/mol. The van der Waals surface area contributed by atoms with E-state index in [0.29, 0.717) is 30.1 Å². The molecule has 28 heavy (non-hydrogen) atoms. The van der Waals surface area contributed by atoms with Crippen LogP contribution in [0.4, 0.5) is 0 Å². The molecule has 2 aromatic rings. The lowest BCUT2D eigenvalue weighted by Crippen LogP contribution is -2.51. The summed E-state index contributed by atoms with van der Waals surface area (Å²) in [7, 11) is -2.00. The van der Waals surface area contributed by atoms with E-state index in [9.17, 15) is 13.2 Å². The second-order valence-corrected chi connectivity index (χ2v) is 11.7. The zero-order valence-electron chi connectivity index (χ0n) is 15.8. The third kappa shape index (κ3) is 4.59. The van der Waals surface area contributed by atoms with Gasteiger partial charge in [-0.25, -0.2) is 8.42 Å². The molecule has 1 aliphatic rings. The van der Waals surface area contributed by atoms with E-state index in [-0.39, 0.29) is 12.5 Å². The molecule has 9 heteroatoms. The SMILES string of the molecule is COc1cccc(CNC(=O)C2(C)CCCN(S(=O)(=O)c3ccc(Br)s3)C2)c1. The molecule has 1 unspecified atom stereocenters. The molecule has 1 saturated heterocycles. The highest BCUT2D eigenvalue weighted by Gasteiger charge is 2.42. The number of carbonyl (C=O) groups is 1. The molecule has 1 amide bonds. The van der Waals surface area contributed by atoms with Gasteiger partial charge < -0.3 is 10.1 Å². The summed E-state index contributed by atoms with van der Waals surface area (Å²) in [6, 6.07) is 10.8. The van der Waals surface area contributed by atoms with Gasteiger partial charge in [0.15, 0.2) is 0 Å². The number of nitrogens with one attached hydrogen (secondary N) is 1. The van der Waals surface area contributed by atoms with Gasteiger partial charge in [-0.3, -0.25) is 4.79 Å². The van der Waals surface area contributed by atoms with Crippen molar-refractivity contribution in [2.24, 2.45) is 5.41 Å². The summed E-state index contributed by atoms with van der Waals surface area (Å²) in [5.41, 5.74) is 0.165. The minimum Gasteiger partial charge on any atom is -0.497 e. The molecule has 3 rings (SSSR count). The lowest BCUT2D eigenvalue weighted by atomic mass is 9.82. The van der Waals surface area contributed by atoms with Crippen molar-refractivity contribution in [3.8, 4) is 5.75 Å². The van der Waals surface area contributed by atoms with Crippen LogP contribution in [0.1, 0.15) is 25.3 Å². The van der Waals surface area contributed by atoms with Crippen molar-refractivity contribution in [3.63, 3.8) is 0 Å². The fraction of sp³-hybridized carbons (Fsp3) is 0.421. The van der Waals surface area contributed by atoms with Crippen LogP contribution in [-0.2, 0) is 21.4 Å². The van der Waals surface area contributed by atoms with Gasteiger partial charge in [-0.15, -0.1) is 11.3 Å². The minimum absolute atomic E-state index is 0.136. The van der Waals surface area contributed by atoms with Crippen molar-refractivity contribution in [2.45, 2.75) is 30.5 Å². The van der Waals surface area contributed by atoms with E-state index in [1.54, 1.807) is 19.2 Å². The largest absolute Gasteiger partial charge is 0.497 e. The Balaban J connectivity index is 1.69. The molecule has 0 bridgehead atoms. The van der Waals surface area contributed by atoms with Gasteiger partial charge in [-0.05, 0) is 65.5 Å². The van der Waals surface area contributed by atoms with E-state index in [4.69, 9.17) is 4.74 Å². The second-order valence-electron chi connectivity index (χ2n) is 7.10. The van der Waals surface area contributed by atoms with Gasteiger partial charge in [-0.1, -0.05) is 12.1 Å². The Hall–Kier alpha value is -1.42. The number of hydrogen-bond donors (Lipinski definition) is 1. The number of carbonyl (C=O) groups excluding carboxylic acids is 1. The highest BCUT2D eigenvalue weighted by molar-refractivity contribution is 9.11. The number of methoxy groups -OCH3 is 1. The molecule has 0 aliphatic carbocycles. The topological polar surface area (TPSA) is 75.7 Å². The highest BCUT2D eigenvalue weighted by Crippen LogP contribution is 2.35. The number of sulfonamides is 1. The van der Waals surface area contributed by atoms with E-state index >= 15 is 0 Å². The van der Waals surface area contributed by atoms with Gasteiger partial charge >= 0.3 is 0 Å². The Morgan fingerprint density at radius 3 is 2.82 bits per heavy atom. The van der Waals surface area contributed by atoms with E-state index in [1.807, 2.05) is 31.2 Å². The van der Waals surface area contributed by atoms with Gasteiger partial charge in [0, 0.05) is 19.6 Å². The molecule has 1 N–H and O–H groups in total. The molecule has 152 valence electrons. The van der Waals surface area contributed by atoms with Crippen molar-refractivity contribution < 1.29 is 17.9 Å². The lowest BCUT2D eigenvalue weighted by molar-refractivity contribution is -0.132. The molecule has 2 heterocycles. The number of amides is 1. The summed E-state index contributed by atoms with van der Waals surface area (Å²) in [6.45, 7) is 2.81. The third-order valence-corrected chi connectivity index (χ3v) is 8.88. The molecule has 0 radical (unpaired) electrons. The zero-order chi connectivity index (χ0) is 20.4. The van der Waals surface area contributed by atoms with E-state index < -0.39 is 15.4 Å². The first-order chi connectivity index (χ1) is 13.2. The number of benzene rings is 1. The number of halogens is 1. The molecular formula is C19H23BrN2O4S2. The van der Waals surface area contributed by atoms with Crippen LogP contribution >= 0.6 is 27.3 Å².